The van der Waals surface area contributed by atoms with Crippen molar-refractivity contribution in [2.75, 3.05) is 12.4 Å². The number of carbonyl (C=O) groups is 1. The van der Waals surface area contributed by atoms with E-state index >= 15 is 0 Å². The molecule has 0 saturated carbocycles. The fourth-order valence-electron chi connectivity index (χ4n) is 1.93. The summed E-state index contributed by atoms with van der Waals surface area (Å²) in [7, 11) is 1.56. The zero-order chi connectivity index (χ0) is 16.1. The number of benzene rings is 2. The molecule has 0 unspecified atom stereocenters. The smallest absolute Gasteiger partial charge is 0.265 e. The molecule has 2 aromatic rings. The van der Waals surface area contributed by atoms with Gasteiger partial charge in [0.05, 0.1) is 12.8 Å². The number of aryl methyl sites for hydroxylation is 1. The number of hydrogen-bond acceptors (Lipinski definition) is 3. The zero-order valence-corrected chi connectivity index (χ0v) is 13.5. The van der Waals surface area contributed by atoms with E-state index in [9.17, 15) is 4.79 Å². The molecule has 2 aromatic carbocycles. The van der Waals surface area contributed by atoms with Crippen LogP contribution in [0.3, 0.4) is 0 Å². The molecule has 1 N–H and O–H groups in total. The first-order valence-corrected chi connectivity index (χ1v) is 7.25. The molecular weight excluding hydrogens is 302 g/mol. The summed E-state index contributed by atoms with van der Waals surface area (Å²) in [6.07, 6.45) is -0.648. The fraction of sp³-hybridized carbons (Fsp3) is 0.235. The molecule has 5 heteroatoms. The van der Waals surface area contributed by atoms with Gasteiger partial charge in [0, 0.05) is 5.02 Å². The van der Waals surface area contributed by atoms with Gasteiger partial charge < -0.3 is 14.8 Å². The predicted molar refractivity (Wildman–Crippen MR) is 87.9 cm³/mol. The Balaban J connectivity index is 2.04. The molecule has 0 aromatic heterocycles. The summed E-state index contributed by atoms with van der Waals surface area (Å²) in [6.45, 7) is 3.57. The number of ether oxygens (including phenoxy) is 2. The predicted octanol–water partition coefficient (Wildman–Crippen LogP) is 4.06. The lowest BCUT2D eigenvalue weighted by atomic mass is 10.2. The van der Waals surface area contributed by atoms with Gasteiger partial charge in [0.1, 0.15) is 11.5 Å². The molecule has 4 nitrogen and oxygen atoms in total. The average Bonchev–Trinajstić information content (AvgIpc) is 2.51. The molecule has 0 fully saturated rings. The Morgan fingerprint density at radius 1 is 1.23 bits per heavy atom. The Morgan fingerprint density at radius 3 is 2.64 bits per heavy atom. The maximum Gasteiger partial charge on any atom is 0.265 e. The summed E-state index contributed by atoms with van der Waals surface area (Å²) in [5.74, 6) is 0.951. The summed E-state index contributed by atoms with van der Waals surface area (Å²) in [5, 5.41) is 3.46. The second-order valence-corrected chi connectivity index (χ2v) is 5.27. The highest BCUT2D eigenvalue weighted by Gasteiger charge is 2.16. The Kier molecular flexibility index (Phi) is 5.28. The summed E-state index contributed by atoms with van der Waals surface area (Å²) in [4.78, 5) is 12.2. The van der Waals surface area contributed by atoms with Gasteiger partial charge in [0.25, 0.3) is 5.91 Å². The molecule has 0 saturated heterocycles. The van der Waals surface area contributed by atoms with E-state index in [1.54, 1.807) is 44.4 Å². The maximum absolute atomic E-state index is 12.2. The van der Waals surface area contributed by atoms with Crippen molar-refractivity contribution in [3.8, 4) is 11.5 Å². The second-order valence-electron chi connectivity index (χ2n) is 4.86. The third kappa shape index (κ3) is 3.92. The van der Waals surface area contributed by atoms with E-state index in [4.69, 9.17) is 21.1 Å². The monoisotopic (exact) mass is 319 g/mol. The molecule has 0 aliphatic rings. The largest absolute Gasteiger partial charge is 0.495 e. The molecule has 1 atom stereocenters. The van der Waals surface area contributed by atoms with Crippen molar-refractivity contribution in [2.24, 2.45) is 0 Å². The van der Waals surface area contributed by atoms with E-state index < -0.39 is 6.10 Å². The Hall–Kier alpha value is -2.20. The van der Waals surface area contributed by atoms with Crippen LogP contribution in [0.1, 0.15) is 12.5 Å². The summed E-state index contributed by atoms with van der Waals surface area (Å²) in [6, 6.07) is 12.5. The number of halogens is 1. The van der Waals surface area contributed by atoms with Crippen molar-refractivity contribution < 1.29 is 14.3 Å². The first kappa shape index (κ1) is 16.2. The molecule has 1 amide bonds. The van der Waals surface area contributed by atoms with Crippen molar-refractivity contribution >= 4 is 23.2 Å². The van der Waals surface area contributed by atoms with E-state index in [2.05, 4.69) is 5.32 Å². The highest BCUT2D eigenvalue weighted by Crippen LogP contribution is 2.24. The van der Waals surface area contributed by atoms with Gasteiger partial charge in [0.2, 0.25) is 0 Å². The van der Waals surface area contributed by atoms with Crippen LogP contribution in [0, 0.1) is 6.92 Å². The van der Waals surface area contributed by atoms with Gasteiger partial charge in [-0.1, -0.05) is 23.7 Å². The number of methoxy groups -OCH3 is 1. The van der Waals surface area contributed by atoms with Gasteiger partial charge in [-0.05, 0) is 49.7 Å². The minimum absolute atomic E-state index is 0.253. The molecule has 22 heavy (non-hydrogen) atoms. The molecule has 0 aliphatic heterocycles. The molecule has 0 heterocycles. The summed E-state index contributed by atoms with van der Waals surface area (Å²) < 4.78 is 10.8. The number of amides is 1. The van der Waals surface area contributed by atoms with Gasteiger partial charge in [0.15, 0.2) is 6.10 Å². The quantitative estimate of drug-likeness (QED) is 0.904. The topological polar surface area (TPSA) is 47.6 Å². The number of carbonyl (C=O) groups excluding carboxylic acids is 1. The van der Waals surface area contributed by atoms with Gasteiger partial charge in [-0.15, -0.1) is 0 Å². The van der Waals surface area contributed by atoms with Crippen molar-refractivity contribution in [2.45, 2.75) is 20.0 Å². The summed E-state index contributed by atoms with van der Waals surface area (Å²) in [5.41, 5.74) is 1.51. The van der Waals surface area contributed by atoms with Crippen LogP contribution in [0.15, 0.2) is 42.5 Å². The Labute approximate surface area is 135 Å². The van der Waals surface area contributed by atoms with Crippen LogP contribution in [0.5, 0.6) is 11.5 Å². The molecule has 0 aliphatic carbocycles. The second kappa shape index (κ2) is 7.18. The van der Waals surface area contributed by atoms with Crippen LogP contribution in [0.2, 0.25) is 5.02 Å². The van der Waals surface area contributed by atoms with E-state index in [0.29, 0.717) is 22.2 Å². The third-order valence-corrected chi connectivity index (χ3v) is 3.60. The van der Waals surface area contributed by atoms with E-state index in [1.165, 1.54) is 0 Å². The van der Waals surface area contributed by atoms with Gasteiger partial charge >= 0.3 is 0 Å². The molecular formula is C17H18ClNO3. The number of rotatable bonds is 5. The number of nitrogens with one attached hydrogen (secondary N) is 1. The van der Waals surface area contributed by atoms with Gasteiger partial charge in [-0.2, -0.15) is 0 Å². The van der Waals surface area contributed by atoms with Crippen LogP contribution in [-0.4, -0.2) is 19.1 Å². The Morgan fingerprint density at radius 2 is 1.95 bits per heavy atom. The Bertz CT molecular complexity index is 673. The maximum atomic E-state index is 12.2. The standard InChI is InChI=1S/C17H18ClNO3/c1-11-10-13(8-9-14(11)18)22-12(2)17(20)19-15-6-4-5-7-16(15)21-3/h4-10,12H,1-3H3,(H,19,20)/t12-/m0/s1. The average molecular weight is 320 g/mol. The van der Waals surface area contributed by atoms with Gasteiger partial charge in [-0.25, -0.2) is 0 Å². The molecule has 116 valence electrons. The van der Waals surface area contributed by atoms with Crippen molar-refractivity contribution in [1.29, 1.82) is 0 Å². The summed E-state index contributed by atoms with van der Waals surface area (Å²) >= 11 is 5.97. The van der Waals surface area contributed by atoms with Crippen LogP contribution in [0.4, 0.5) is 5.69 Å². The van der Waals surface area contributed by atoms with Crippen molar-refractivity contribution in [1.82, 2.24) is 0 Å². The number of anilines is 1. The number of hydrogen-bond donors (Lipinski definition) is 1. The molecule has 0 radical (unpaired) electrons. The first-order chi connectivity index (χ1) is 10.5. The van der Waals surface area contributed by atoms with Crippen molar-refractivity contribution in [3.63, 3.8) is 0 Å². The van der Waals surface area contributed by atoms with E-state index in [1.807, 2.05) is 19.1 Å². The lowest BCUT2D eigenvalue weighted by Gasteiger charge is -2.16. The first-order valence-electron chi connectivity index (χ1n) is 6.88. The molecule has 0 bridgehead atoms. The van der Waals surface area contributed by atoms with E-state index in [0.717, 1.165) is 5.56 Å². The highest BCUT2D eigenvalue weighted by molar-refractivity contribution is 6.31. The minimum Gasteiger partial charge on any atom is -0.495 e. The number of para-hydroxylation sites is 2. The highest BCUT2D eigenvalue weighted by atomic mass is 35.5. The van der Waals surface area contributed by atoms with Crippen LogP contribution in [-0.2, 0) is 4.79 Å². The lowest BCUT2D eigenvalue weighted by Crippen LogP contribution is -2.30. The van der Waals surface area contributed by atoms with Gasteiger partial charge in [-0.3, -0.25) is 4.79 Å². The van der Waals surface area contributed by atoms with Crippen LogP contribution < -0.4 is 14.8 Å². The normalized spacial score (nSPS) is 11.6. The molecule has 2 rings (SSSR count). The zero-order valence-electron chi connectivity index (χ0n) is 12.7. The van der Waals surface area contributed by atoms with E-state index in [-0.39, 0.29) is 5.91 Å². The van der Waals surface area contributed by atoms with Crippen LogP contribution in [0.25, 0.3) is 0 Å². The third-order valence-electron chi connectivity index (χ3n) is 3.18. The fourth-order valence-corrected chi connectivity index (χ4v) is 2.05. The van der Waals surface area contributed by atoms with Crippen LogP contribution >= 0.6 is 11.6 Å². The molecule has 0 spiro atoms. The SMILES string of the molecule is COc1ccccc1NC(=O)[C@H](C)Oc1ccc(Cl)c(C)c1. The minimum atomic E-state index is -0.648. The van der Waals surface area contributed by atoms with Crippen molar-refractivity contribution in [3.05, 3.63) is 53.1 Å². The lowest BCUT2D eigenvalue weighted by molar-refractivity contribution is -0.122.